The standard InChI is InChI=1S/C17H18N4O4/c1-24-17(23)12-4-2-3-5-13(12)18-15-7-6-14(19-20-15)16(22)21-8-10-25-11-9-21/h2-7H,8-11H2,1H3,(H,18,20). The van der Waals surface area contributed by atoms with Crippen molar-refractivity contribution in [3.63, 3.8) is 0 Å². The molecule has 0 radical (unpaired) electrons. The van der Waals surface area contributed by atoms with Gasteiger partial charge in [-0.1, -0.05) is 12.1 Å². The number of esters is 1. The Hall–Kier alpha value is -3.00. The van der Waals surface area contributed by atoms with Crippen molar-refractivity contribution in [1.82, 2.24) is 15.1 Å². The Kier molecular flexibility index (Phi) is 5.20. The molecule has 0 saturated carbocycles. The molecular weight excluding hydrogens is 324 g/mol. The third kappa shape index (κ3) is 3.92. The predicted octanol–water partition coefficient (Wildman–Crippen LogP) is 1.48. The van der Waals surface area contributed by atoms with Gasteiger partial charge in [-0.2, -0.15) is 0 Å². The van der Waals surface area contributed by atoms with Crippen LogP contribution in [-0.4, -0.2) is 60.4 Å². The van der Waals surface area contributed by atoms with E-state index in [-0.39, 0.29) is 11.6 Å². The Balaban J connectivity index is 1.73. The summed E-state index contributed by atoms with van der Waals surface area (Å²) >= 11 is 0. The van der Waals surface area contributed by atoms with Crippen LogP contribution in [0.25, 0.3) is 0 Å². The minimum absolute atomic E-state index is 0.169. The summed E-state index contributed by atoms with van der Waals surface area (Å²) in [6, 6.07) is 10.2. The normalized spacial score (nSPS) is 14.0. The lowest BCUT2D eigenvalue weighted by atomic mass is 10.2. The number of amides is 1. The number of morpholine rings is 1. The number of nitrogens with zero attached hydrogens (tertiary/aromatic N) is 3. The van der Waals surface area contributed by atoms with Crippen LogP contribution in [0.2, 0.25) is 0 Å². The van der Waals surface area contributed by atoms with Gasteiger partial charge < -0.3 is 19.7 Å². The van der Waals surface area contributed by atoms with Crippen molar-refractivity contribution >= 4 is 23.4 Å². The minimum Gasteiger partial charge on any atom is -0.465 e. The van der Waals surface area contributed by atoms with E-state index in [4.69, 9.17) is 9.47 Å². The van der Waals surface area contributed by atoms with E-state index in [0.717, 1.165) is 0 Å². The second-order valence-corrected chi connectivity index (χ2v) is 5.37. The van der Waals surface area contributed by atoms with Crippen molar-refractivity contribution in [2.75, 3.05) is 38.7 Å². The van der Waals surface area contributed by atoms with Crippen LogP contribution in [0.5, 0.6) is 0 Å². The third-order valence-corrected chi connectivity index (χ3v) is 3.78. The van der Waals surface area contributed by atoms with Crippen LogP contribution in [-0.2, 0) is 9.47 Å². The molecule has 1 aromatic heterocycles. The van der Waals surface area contributed by atoms with Crippen LogP contribution in [0, 0.1) is 0 Å². The maximum Gasteiger partial charge on any atom is 0.339 e. The van der Waals surface area contributed by atoms with Gasteiger partial charge in [0.15, 0.2) is 11.5 Å². The highest BCUT2D eigenvalue weighted by atomic mass is 16.5. The molecule has 0 aliphatic carbocycles. The average molecular weight is 342 g/mol. The first-order valence-corrected chi connectivity index (χ1v) is 7.84. The summed E-state index contributed by atoms with van der Waals surface area (Å²) in [5.41, 5.74) is 1.21. The zero-order chi connectivity index (χ0) is 17.6. The summed E-state index contributed by atoms with van der Waals surface area (Å²) in [4.78, 5) is 25.8. The summed E-state index contributed by atoms with van der Waals surface area (Å²) in [7, 11) is 1.32. The smallest absolute Gasteiger partial charge is 0.339 e. The lowest BCUT2D eigenvalue weighted by Crippen LogP contribution is -2.41. The molecule has 1 aliphatic heterocycles. The second kappa shape index (κ2) is 7.71. The first-order valence-electron chi connectivity index (χ1n) is 7.84. The fourth-order valence-electron chi connectivity index (χ4n) is 2.46. The summed E-state index contributed by atoms with van der Waals surface area (Å²) in [5, 5.41) is 11.0. The van der Waals surface area contributed by atoms with Crippen molar-refractivity contribution in [2.24, 2.45) is 0 Å². The van der Waals surface area contributed by atoms with E-state index in [2.05, 4.69) is 15.5 Å². The van der Waals surface area contributed by atoms with Crippen LogP contribution in [0.1, 0.15) is 20.8 Å². The van der Waals surface area contributed by atoms with Gasteiger partial charge >= 0.3 is 5.97 Å². The molecule has 1 saturated heterocycles. The first-order chi connectivity index (χ1) is 12.2. The largest absolute Gasteiger partial charge is 0.465 e. The molecule has 8 heteroatoms. The molecule has 1 N–H and O–H groups in total. The molecule has 3 rings (SSSR count). The molecule has 8 nitrogen and oxygen atoms in total. The summed E-state index contributed by atoms with van der Waals surface area (Å²) in [6.45, 7) is 2.16. The van der Waals surface area contributed by atoms with Crippen LogP contribution in [0.4, 0.5) is 11.5 Å². The summed E-state index contributed by atoms with van der Waals surface area (Å²) in [6.07, 6.45) is 0. The molecule has 1 fully saturated rings. The second-order valence-electron chi connectivity index (χ2n) is 5.37. The summed E-state index contributed by atoms with van der Waals surface area (Å²) in [5.74, 6) is -0.192. The topological polar surface area (TPSA) is 93.7 Å². The molecule has 25 heavy (non-hydrogen) atoms. The van der Waals surface area contributed by atoms with E-state index in [1.54, 1.807) is 41.3 Å². The Labute approximate surface area is 144 Å². The minimum atomic E-state index is -0.449. The van der Waals surface area contributed by atoms with E-state index in [1.165, 1.54) is 7.11 Å². The molecule has 2 aromatic rings. The monoisotopic (exact) mass is 342 g/mol. The van der Waals surface area contributed by atoms with Gasteiger partial charge in [-0.3, -0.25) is 4.79 Å². The van der Waals surface area contributed by atoms with E-state index >= 15 is 0 Å². The Morgan fingerprint density at radius 1 is 1.12 bits per heavy atom. The predicted molar refractivity (Wildman–Crippen MR) is 89.8 cm³/mol. The molecule has 0 bridgehead atoms. The van der Waals surface area contributed by atoms with Gasteiger partial charge in [-0.15, -0.1) is 10.2 Å². The lowest BCUT2D eigenvalue weighted by molar-refractivity contribution is 0.0298. The van der Waals surface area contributed by atoms with Crippen LogP contribution in [0.15, 0.2) is 36.4 Å². The number of aromatic nitrogens is 2. The van der Waals surface area contributed by atoms with Crippen LogP contribution >= 0.6 is 0 Å². The zero-order valence-electron chi connectivity index (χ0n) is 13.8. The maximum atomic E-state index is 12.3. The van der Waals surface area contributed by atoms with Gasteiger partial charge in [-0.25, -0.2) is 4.79 Å². The fraction of sp³-hybridized carbons (Fsp3) is 0.294. The zero-order valence-corrected chi connectivity index (χ0v) is 13.8. The highest BCUT2D eigenvalue weighted by Crippen LogP contribution is 2.20. The SMILES string of the molecule is COC(=O)c1ccccc1Nc1ccc(C(=O)N2CCOCC2)nn1. The van der Waals surface area contributed by atoms with E-state index in [1.807, 2.05) is 0 Å². The van der Waals surface area contributed by atoms with Gasteiger partial charge in [0.2, 0.25) is 0 Å². The number of benzene rings is 1. The molecule has 1 amide bonds. The average Bonchev–Trinajstić information content (AvgIpc) is 2.68. The van der Waals surface area contributed by atoms with Gasteiger partial charge in [0.1, 0.15) is 0 Å². The quantitative estimate of drug-likeness (QED) is 0.841. The van der Waals surface area contributed by atoms with Gasteiger partial charge in [0, 0.05) is 13.1 Å². The number of rotatable bonds is 4. The maximum absolute atomic E-state index is 12.3. The van der Waals surface area contributed by atoms with E-state index < -0.39 is 5.97 Å². The molecule has 0 spiro atoms. The number of ether oxygens (including phenoxy) is 2. The Morgan fingerprint density at radius 2 is 1.88 bits per heavy atom. The first kappa shape index (κ1) is 16.8. The fourth-order valence-corrected chi connectivity index (χ4v) is 2.46. The number of carbonyl (C=O) groups is 2. The van der Waals surface area contributed by atoms with Crippen molar-refractivity contribution in [1.29, 1.82) is 0 Å². The van der Waals surface area contributed by atoms with Gasteiger partial charge in [-0.05, 0) is 24.3 Å². The number of nitrogens with one attached hydrogen (secondary N) is 1. The number of carbonyl (C=O) groups excluding carboxylic acids is 2. The number of para-hydroxylation sites is 1. The highest BCUT2D eigenvalue weighted by Gasteiger charge is 2.20. The van der Waals surface area contributed by atoms with Gasteiger partial charge in [0.25, 0.3) is 5.91 Å². The third-order valence-electron chi connectivity index (χ3n) is 3.78. The Morgan fingerprint density at radius 3 is 2.56 bits per heavy atom. The molecular formula is C17H18N4O4. The highest BCUT2D eigenvalue weighted by molar-refractivity contribution is 5.96. The van der Waals surface area contributed by atoms with E-state index in [0.29, 0.717) is 43.4 Å². The Bertz CT molecular complexity index is 757. The molecule has 0 atom stereocenters. The van der Waals surface area contributed by atoms with Crippen molar-refractivity contribution < 1.29 is 19.1 Å². The summed E-state index contributed by atoms with van der Waals surface area (Å²) < 4.78 is 9.99. The molecule has 2 heterocycles. The molecule has 1 aliphatic rings. The van der Waals surface area contributed by atoms with Gasteiger partial charge in [0.05, 0.1) is 31.6 Å². The molecule has 1 aromatic carbocycles. The lowest BCUT2D eigenvalue weighted by Gasteiger charge is -2.26. The van der Waals surface area contributed by atoms with E-state index in [9.17, 15) is 9.59 Å². The van der Waals surface area contributed by atoms with Crippen LogP contribution in [0.3, 0.4) is 0 Å². The van der Waals surface area contributed by atoms with Crippen molar-refractivity contribution in [2.45, 2.75) is 0 Å². The number of hydrogen-bond donors (Lipinski definition) is 1. The molecule has 130 valence electrons. The van der Waals surface area contributed by atoms with Crippen molar-refractivity contribution in [3.05, 3.63) is 47.7 Å². The van der Waals surface area contributed by atoms with Crippen molar-refractivity contribution in [3.8, 4) is 0 Å². The van der Waals surface area contributed by atoms with Crippen LogP contribution < -0.4 is 5.32 Å². The number of methoxy groups -OCH3 is 1. The number of hydrogen-bond acceptors (Lipinski definition) is 7. The number of anilines is 2. The molecule has 0 unspecified atom stereocenters.